The van der Waals surface area contributed by atoms with E-state index in [1.54, 1.807) is 12.1 Å². The zero-order valence-electron chi connectivity index (χ0n) is 11.0. The van der Waals surface area contributed by atoms with Crippen LogP contribution in [-0.2, 0) is 6.42 Å². The number of carbonyl (C=O) groups is 1. The predicted molar refractivity (Wildman–Crippen MR) is 73.3 cm³/mol. The largest absolute Gasteiger partial charge is 0.478 e. The van der Waals surface area contributed by atoms with Gasteiger partial charge in [-0.15, -0.1) is 0 Å². The lowest BCUT2D eigenvalue weighted by atomic mass is 9.99. The van der Waals surface area contributed by atoms with E-state index < -0.39 is 5.97 Å². The van der Waals surface area contributed by atoms with Crippen LogP contribution < -0.4 is 0 Å². The third-order valence-electron chi connectivity index (χ3n) is 3.12. The lowest BCUT2D eigenvalue weighted by Crippen LogP contribution is -2.04. The lowest BCUT2D eigenvalue weighted by molar-refractivity contribution is 0.0697. The number of rotatable bonds is 3. The Morgan fingerprint density at radius 1 is 1.26 bits per heavy atom. The molecule has 3 nitrogen and oxygen atoms in total. The second-order valence-corrected chi connectivity index (χ2v) is 4.98. The lowest BCUT2D eigenvalue weighted by Gasteiger charge is -2.05. The topological polar surface area (TPSA) is 61.1 Å². The van der Waals surface area contributed by atoms with Crippen molar-refractivity contribution in [2.24, 2.45) is 5.92 Å². The molecule has 0 atom stereocenters. The summed E-state index contributed by atoms with van der Waals surface area (Å²) in [5.74, 6) is -0.663. The number of aromatic carboxylic acids is 1. The van der Waals surface area contributed by atoms with Crippen LogP contribution in [0.4, 0.5) is 0 Å². The monoisotopic (exact) mass is 253 g/mol. The molecule has 0 radical (unpaired) electrons. The molecule has 0 aromatic rings. The molecule has 2 rings (SSSR count). The average Bonchev–Trinajstić information content (AvgIpc) is 2.49. The summed E-state index contributed by atoms with van der Waals surface area (Å²) in [6.45, 7) is 4.04. The van der Waals surface area contributed by atoms with Crippen molar-refractivity contribution in [1.29, 1.82) is 5.26 Å². The zero-order chi connectivity index (χ0) is 14.0. The molecule has 0 amide bonds. The van der Waals surface area contributed by atoms with Gasteiger partial charge < -0.3 is 5.11 Å². The van der Waals surface area contributed by atoms with E-state index >= 15 is 0 Å². The van der Waals surface area contributed by atoms with E-state index in [4.69, 9.17) is 0 Å². The number of nitrogens with zero attached hydrogens (tertiary/aromatic N) is 1. The Balaban J connectivity index is 2.83. The Morgan fingerprint density at radius 2 is 1.89 bits per heavy atom. The molecule has 0 aliphatic heterocycles. The molecule has 0 bridgehead atoms. The maximum atomic E-state index is 11.5. The SMILES string of the molecule is CC(C)Cc1c(C#N)c2cccccc-2c1C(=O)O. The number of nitriles is 1. The highest BCUT2D eigenvalue weighted by atomic mass is 16.4. The Morgan fingerprint density at radius 3 is 2.42 bits per heavy atom. The van der Waals surface area contributed by atoms with Crippen LogP contribution in [0, 0.1) is 17.2 Å². The van der Waals surface area contributed by atoms with Gasteiger partial charge >= 0.3 is 5.97 Å². The minimum atomic E-state index is -0.964. The number of hydrogen-bond acceptors (Lipinski definition) is 2. The van der Waals surface area contributed by atoms with Gasteiger partial charge in [0.25, 0.3) is 0 Å². The molecule has 2 aliphatic rings. The Hall–Kier alpha value is -2.34. The van der Waals surface area contributed by atoms with Crippen LogP contribution in [0.3, 0.4) is 0 Å². The molecule has 96 valence electrons. The van der Waals surface area contributed by atoms with E-state index in [0.717, 1.165) is 5.56 Å². The molecular formula is C16H15NO2. The van der Waals surface area contributed by atoms with Crippen molar-refractivity contribution in [3.8, 4) is 17.2 Å². The summed E-state index contributed by atoms with van der Waals surface area (Å²) >= 11 is 0. The second kappa shape index (κ2) is 5.11. The number of fused-ring (bicyclic) bond motifs is 1. The van der Waals surface area contributed by atoms with Crippen molar-refractivity contribution in [3.63, 3.8) is 0 Å². The fraction of sp³-hybridized carbons (Fsp3) is 0.250. The maximum Gasteiger partial charge on any atom is 0.336 e. The van der Waals surface area contributed by atoms with Crippen molar-refractivity contribution in [2.75, 3.05) is 0 Å². The van der Waals surface area contributed by atoms with Gasteiger partial charge in [0.2, 0.25) is 0 Å². The first-order valence-electron chi connectivity index (χ1n) is 6.23. The van der Waals surface area contributed by atoms with Crippen molar-refractivity contribution in [2.45, 2.75) is 20.3 Å². The molecule has 1 N–H and O–H groups in total. The van der Waals surface area contributed by atoms with Gasteiger partial charge in [0.05, 0.1) is 11.1 Å². The first kappa shape index (κ1) is 13.1. The molecule has 0 aromatic heterocycles. The third-order valence-corrected chi connectivity index (χ3v) is 3.12. The number of carboxylic acids is 1. The number of hydrogen-bond donors (Lipinski definition) is 1. The standard InChI is InChI=1S/C16H15NO2/c1-10(2)8-13-14(9-17)11-6-4-3-5-7-12(11)15(13)16(18)19/h3-7,10H,8H2,1-2H3,(H,18,19). The fourth-order valence-corrected chi connectivity index (χ4v) is 2.42. The molecule has 19 heavy (non-hydrogen) atoms. The van der Waals surface area contributed by atoms with Crippen LogP contribution >= 0.6 is 0 Å². The summed E-state index contributed by atoms with van der Waals surface area (Å²) in [4.78, 5) is 11.5. The van der Waals surface area contributed by atoms with E-state index in [2.05, 4.69) is 6.07 Å². The fourth-order valence-electron chi connectivity index (χ4n) is 2.42. The summed E-state index contributed by atoms with van der Waals surface area (Å²) < 4.78 is 0. The summed E-state index contributed by atoms with van der Waals surface area (Å²) in [6.07, 6.45) is 0.600. The minimum Gasteiger partial charge on any atom is -0.478 e. The molecule has 2 aliphatic carbocycles. The molecule has 0 saturated heterocycles. The average molecular weight is 253 g/mol. The molecule has 0 aromatic carbocycles. The second-order valence-electron chi connectivity index (χ2n) is 4.98. The number of carboxylic acid groups (broad SMARTS) is 1. The minimum absolute atomic E-state index is 0.274. The highest BCUT2D eigenvalue weighted by Crippen LogP contribution is 2.37. The first-order valence-corrected chi connectivity index (χ1v) is 6.23. The normalized spacial score (nSPS) is 10.6. The van der Waals surface area contributed by atoms with E-state index in [-0.39, 0.29) is 5.56 Å². The summed E-state index contributed by atoms with van der Waals surface area (Å²) in [5, 5.41) is 18.8. The van der Waals surface area contributed by atoms with Crippen LogP contribution in [0.25, 0.3) is 11.1 Å². The van der Waals surface area contributed by atoms with Crippen molar-refractivity contribution in [1.82, 2.24) is 0 Å². The molecule has 0 unspecified atom stereocenters. The molecule has 0 saturated carbocycles. The van der Waals surface area contributed by atoms with Crippen molar-refractivity contribution >= 4 is 5.97 Å². The van der Waals surface area contributed by atoms with Gasteiger partial charge in [0.1, 0.15) is 6.07 Å². The van der Waals surface area contributed by atoms with E-state index in [1.165, 1.54) is 0 Å². The highest BCUT2D eigenvalue weighted by molar-refractivity contribution is 6.02. The van der Waals surface area contributed by atoms with E-state index in [9.17, 15) is 15.2 Å². The predicted octanol–water partition coefficient (Wildman–Crippen LogP) is 3.56. The van der Waals surface area contributed by atoms with Gasteiger partial charge in [-0.25, -0.2) is 4.79 Å². The van der Waals surface area contributed by atoms with Gasteiger partial charge in [-0.3, -0.25) is 0 Å². The highest BCUT2D eigenvalue weighted by Gasteiger charge is 2.26. The van der Waals surface area contributed by atoms with Crippen LogP contribution in [0.15, 0.2) is 30.3 Å². The molecule has 0 fully saturated rings. The maximum absolute atomic E-state index is 11.5. The van der Waals surface area contributed by atoms with Crippen LogP contribution in [-0.4, -0.2) is 11.1 Å². The van der Waals surface area contributed by atoms with Gasteiger partial charge in [0, 0.05) is 5.56 Å². The first-order chi connectivity index (χ1) is 9.06. The van der Waals surface area contributed by atoms with Gasteiger partial charge in [-0.2, -0.15) is 5.26 Å². The van der Waals surface area contributed by atoms with Crippen molar-refractivity contribution in [3.05, 3.63) is 47.0 Å². The summed E-state index contributed by atoms with van der Waals surface area (Å²) in [7, 11) is 0. The van der Waals surface area contributed by atoms with E-state index in [0.29, 0.717) is 29.0 Å². The third kappa shape index (κ3) is 2.30. The van der Waals surface area contributed by atoms with Crippen molar-refractivity contribution < 1.29 is 9.90 Å². The molecule has 0 heterocycles. The van der Waals surface area contributed by atoms with Crippen LogP contribution in [0.2, 0.25) is 0 Å². The van der Waals surface area contributed by atoms with Gasteiger partial charge in [0.15, 0.2) is 0 Å². The molecule has 0 spiro atoms. The Bertz CT molecular complexity index is 638. The van der Waals surface area contributed by atoms with Gasteiger partial charge in [-0.05, 0) is 23.5 Å². The molecular weight excluding hydrogens is 238 g/mol. The summed E-state index contributed by atoms with van der Waals surface area (Å²) in [5.41, 5.74) is 2.80. The van der Waals surface area contributed by atoms with E-state index in [1.807, 2.05) is 32.0 Å². The quantitative estimate of drug-likeness (QED) is 0.909. The van der Waals surface area contributed by atoms with Crippen LogP contribution in [0.5, 0.6) is 0 Å². The van der Waals surface area contributed by atoms with Gasteiger partial charge in [-0.1, -0.05) is 44.2 Å². The summed E-state index contributed by atoms with van der Waals surface area (Å²) in [6, 6.07) is 11.2. The molecule has 3 heteroatoms. The Kier molecular flexibility index (Phi) is 3.52. The zero-order valence-corrected chi connectivity index (χ0v) is 11.0. The Labute approximate surface area is 112 Å². The van der Waals surface area contributed by atoms with Crippen LogP contribution in [0.1, 0.15) is 35.3 Å². The smallest absolute Gasteiger partial charge is 0.336 e.